The smallest absolute Gasteiger partial charge is 0.349 e. The van der Waals surface area contributed by atoms with Crippen molar-refractivity contribution in [3.05, 3.63) is 37.5 Å². The molecule has 1 saturated heterocycles. The molecule has 0 aromatic carbocycles. The molecule has 122 valence electrons. The van der Waals surface area contributed by atoms with Crippen LogP contribution in [0.1, 0.15) is 12.8 Å². The molecule has 1 aliphatic heterocycles. The van der Waals surface area contributed by atoms with Crippen molar-refractivity contribution >= 4 is 11.7 Å². The largest absolute Gasteiger partial charge is 0.477 e. The van der Waals surface area contributed by atoms with Gasteiger partial charge in [0.25, 0.3) is 0 Å². The molecule has 0 atom stereocenters. The lowest BCUT2D eigenvalue weighted by molar-refractivity contribution is -0.129. The first kappa shape index (κ1) is 22.1. The lowest BCUT2D eigenvalue weighted by atomic mass is 10.2. The number of rotatable bonds is 7. The van der Waals surface area contributed by atoms with Crippen molar-refractivity contribution in [2.45, 2.75) is 12.8 Å². The highest BCUT2D eigenvalue weighted by Crippen LogP contribution is 2.04. The van der Waals surface area contributed by atoms with Gasteiger partial charge in [-0.1, -0.05) is 24.3 Å². The van der Waals surface area contributed by atoms with E-state index in [0.29, 0.717) is 0 Å². The summed E-state index contributed by atoms with van der Waals surface area (Å²) in [5.41, 5.74) is 0.923. The van der Waals surface area contributed by atoms with Gasteiger partial charge >= 0.3 is 5.97 Å². The molecule has 0 amide bonds. The SMILES string of the molecule is C#C.C=CCC(=C)CN1CCOCC1.C=CCC(=N)C(=O)O. The average molecular weight is 306 g/mol. The summed E-state index contributed by atoms with van der Waals surface area (Å²) >= 11 is 0. The van der Waals surface area contributed by atoms with E-state index in [2.05, 4.69) is 37.5 Å². The maximum Gasteiger partial charge on any atom is 0.349 e. The Kier molecular flexibility index (Phi) is 15.3. The quantitative estimate of drug-likeness (QED) is 0.430. The van der Waals surface area contributed by atoms with Gasteiger partial charge in [-0.05, 0) is 6.42 Å². The zero-order chi connectivity index (χ0) is 17.4. The number of carboxylic acid groups (broad SMARTS) is 1. The standard InChI is InChI=1S/C10H17NO.C5H7NO2.C2H2/c1-3-4-10(2)9-11-5-7-12-8-6-11;1-2-3-4(6)5(7)8;1-2/h3H,1-2,4-9H2;2,6H,1,3H2,(H,7,8);1-2H. The van der Waals surface area contributed by atoms with Crippen LogP contribution in [0.15, 0.2) is 37.5 Å². The molecule has 0 bridgehead atoms. The molecule has 1 rings (SSSR count). The van der Waals surface area contributed by atoms with E-state index in [1.54, 1.807) is 0 Å². The molecule has 0 aromatic rings. The molecule has 0 unspecified atom stereocenters. The molecular formula is C17H26N2O3. The van der Waals surface area contributed by atoms with Gasteiger partial charge in [-0.15, -0.1) is 26.0 Å². The normalized spacial score (nSPS) is 13.4. The Balaban J connectivity index is 0. The van der Waals surface area contributed by atoms with Gasteiger partial charge in [0.05, 0.1) is 13.2 Å². The number of terminal acetylenes is 1. The second-order valence-corrected chi connectivity index (χ2v) is 4.41. The number of carbonyl (C=O) groups is 1. The lowest BCUT2D eigenvalue weighted by Gasteiger charge is -2.26. The Hall–Kier alpha value is -2.16. The number of hydrogen-bond donors (Lipinski definition) is 2. The predicted octanol–water partition coefficient (Wildman–Crippen LogP) is 2.37. The van der Waals surface area contributed by atoms with Crippen LogP contribution < -0.4 is 0 Å². The third-order valence-electron chi connectivity index (χ3n) is 2.59. The second kappa shape index (κ2) is 15.2. The van der Waals surface area contributed by atoms with E-state index in [0.717, 1.165) is 39.3 Å². The van der Waals surface area contributed by atoms with Gasteiger partial charge < -0.3 is 9.84 Å². The Bertz CT molecular complexity index is 394. The number of allylic oxidation sites excluding steroid dienone is 2. The number of nitrogens with zero attached hydrogens (tertiary/aromatic N) is 1. The third-order valence-corrected chi connectivity index (χ3v) is 2.59. The highest BCUT2D eigenvalue weighted by Gasteiger charge is 2.09. The monoisotopic (exact) mass is 306 g/mol. The van der Waals surface area contributed by atoms with E-state index in [1.165, 1.54) is 11.6 Å². The lowest BCUT2D eigenvalue weighted by Crippen LogP contribution is -2.37. The van der Waals surface area contributed by atoms with Crippen molar-refractivity contribution in [3.63, 3.8) is 0 Å². The summed E-state index contributed by atoms with van der Waals surface area (Å²) in [6, 6.07) is 0. The number of ether oxygens (including phenoxy) is 1. The molecule has 5 heteroatoms. The average Bonchev–Trinajstić information content (AvgIpc) is 2.51. The highest BCUT2D eigenvalue weighted by atomic mass is 16.5. The van der Waals surface area contributed by atoms with Crippen LogP contribution in [0.25, 0.3) is 0 Å². The van der Waals surface area contributed by atoms with E-state index in [4.69, 9.17) is 15.3 Å². The van der Waals surface area contributed by atoms with E-state index < -0.39 is 5.97 Å². The minimum atomic E-state index is -1.18. The fourth-order valence-electron chi connectivity index (χ4n) is 1.58. The fraction of sp³-hybridized carbons (Fsp3) is 0.412. The molecule has 0 saturated carbocycles. The zero-order valence-corrected chi connectivity index (χ0v) is 13.1. The molecule has 2 N–H and O–H groups in total. The van der Waals surface area contributed by atoms with Gasteiger partial charge in [-0.2, -0.15) is 0 Å². The predicted molar refractivity (Wildman–Crippen MR) is 91.3 cm³/mol. The van der Waals surface area contributed by atoms with Crippen LogP contribution in [0.5, 0.6) is 0 Å². The van der Waals surface area contributed by atoms with Gasteiger partial charge in [-0.25, -0.2) is 4.79 Å². The topological polar surface area (TPSA) is 73.6 Å². The molecule has 22 heavy (non-hydrogen) atoms. The number of aliphatic carboxylic acids is 1. The van der Waals surface area contributed by atoms with Crippen LogP contribution in [-0.4, -0.2) is 54.5 Å². The van der Waals surface area contributed by atoms with Crippen LogP contribution in [0.2, 0.25) is 0 Å². The van der Waals surface area contributed by atoms with Crippen molar-refractivity contribution in [1.29, 1.82) is 5.41 Å². The zero-order valence-electron chi connectivity index (χ0n) is 13.1. The maximum atomic E-state index is 9.82. The first-order chi connectivity index (χ1) is 10.5. The Morgan fingerprint density at radius 2 is 1.73 bits per heavy atom. The van der Waals surface area contributed by atoms with Crippen LogP contribution in [0.4, 0.5) is 0 Å². The number of carboxylic acids is 1. The molecule has 0 aliphatic carbocycles. The van der Waals surface area contributed by atoms with Crippen molar-refractivity contribution in [1.82, 2.24) is 4.90 Å². The van der Waals surface area contributed by atoms with E-state index in [9.17, 15) is 4.79 Å². The van der Waals surface area contributed by atoms with Crippen molar-refractivity contribution in [3.8, 4) is 12.8 Å². The minimum absolute atomic E-state index is 0.134. The molecule has 1 heterocycles. The third kappa shape index (κ3) is 12.9. The summed E-state index contributed by atoms with van der Waals surface area (Å²) < 4.78 is 5.25. The molecule has 1 aliphatic rings. The summed E-state index contributed by atoms with van der Waals surface area (Å²) in [6.07, 6.45) is 12.4. The van der Waals surface area contributed by atoms with Gasteiger partial charge in [0.15, 0.2) is 0 Å². The van der Waals surface area contributed by atoms with Crippen molar-refractivity contribution in [2.75, 3.05) is 32.8 Å². The van der Waals surface area contributed by atoms with Crippen LogP contribution in [-0.2, 0) is 9.53 Å². The van der Waals surface area contributed by atoms with Gasteiger partial charge in [0.1, 0.15) is 5.71 Å². The van der Waals surface area contributed by atoms with Gasteiger partial charge in [0.2, 0.25) is 0 Å². The number of nitrogens with one attached hydrogen (secondary N) is 1. The molecule has 0 spiro atoms. The first-order valence-electron chi connectivity index (χ1n) is 6.83. The Labute approximate surface area is 133 Å². The fourth-order valence-corrected chi connectivity index (χ4v) is 1.58. The molecule has 1 fully saturated rings. The molecule has 0 radical (unpaired) electrons. The minimum Gasteiger partial charge on any atom is -0.477 e. The summed E-state index contributed by atoms with van der Waals surface area (Å²) in [5, 5.41) is 14.7. The van der Waals surface area contributed by atoms with E-state index in [-0.39, 0.29) is 12.1 Å². The van der Waals surface area contributed by atoms with Crippen LogP contribution >= 0.6 is 0 Å². The van der Waals surface area contributed by atoms with Crippen molar-refractivity contribution in [2.24, 2.45) is 0 Å². The van der Waals surface area contributed by atoms with Crippen molar-refractivity contribution < 1.29 is 14.6 Å². The van der Waals surface area contributed by atoms with Gasteiger partial charge in [0, 0.05) is 26.1 Å². The van der Waals surface area contributed by atoms with E-state index >= 15 is 0 Å². The summed E-state index contributed by atoms with van der Waals surface area (Å²) in [7, 11) is 0. The molecule has 5 nitrogen and oxygen atoms in total. The molecule has 0 aromatic heterocycles. The summed E-state index contributed by atoms with van der Waals surface area (Å²) in [4.78, 5) is 12.2. The summed E-state index contributed by atoms with van der Waals surface area (Å²) in [5.74, 6) is -1.18. The maximum absolute atomic E-state index is 9.82. The number of morpholine rings is 1. The molecular weight excluding hydrogens is 280 g/mol. The Morgan fingerprint density at radius 1 is 1.23 bits per heavy atom. The van der Waals surface area contributed by atoms with Crippen LogP contribution in [0.3, 0.4) is 0 Å². The second-order valence-electron chi connectivity index (χ2n) is 4.41. The Morgan fingerprint density at radius 3 is 2.09 bits per heavy atom. The van der Waals surface area contributed by atoms with E-state index in [1.807, 2.05) is 6.08 Å². The van der Waals surface area contributed by atoms with Crippen LogP contribution in [0, 0.1) is 18.3 Å². The first-order valence-corrected chi connectivity index (χ1v) is 6.83. The number of hydrogen-bond acceptors (Lipinski definition) is 4. The highest BCUT2D eigenvalue weighted by molar-refractivity contribution is 6.34. The van der Waals surface area contributed by atoms with Gasteiger partial charge in [-0.3, -0.25) is 10.3 Å². The summed E-state index contributed by atoms with van der Waals surface area (Å²) in [6.45, 7) is 15.7.